The van der Waals surface area contributed by atoms with Crippen molar-refractivity contribution in [2.75, 3.05) is 6.61 Å². The van der Waals surface area contributed by atoms with Gasteiger partial charge in [0.1, 0.15) is 0 Å². The molecular weight excluding hydrogens is 262 g/mol. The molecule has 0 aliphatic carbocycles. The Hall–Kier alpha value is -2.47. The molecule has 0 aliphatic rings. The molecule has 106 valence electrons. The number of hydrogen-bond acceptors (Lipinski definition) is 5. The van der Waals surface area contributed by atoms with Crippen LogP contribution in [0.15, 0.2) is 49.1 Å². The van der Waals surface area contributed by atoms with Gasteiger partial charge in [0.25, 0.3) is 5.69 Å². The van der Waals surface area contributed by atoms with E-state index < -0.39 is 16.5 Å². The number of carbonyl (C=O) groups is 1. The van der Waals surface area contributed by atoms with Crippen molar-refractivity contribution in [3.8, 4) is 0 Å². The Labute approximate surface area is 116 Å². The van der Waals surface area contributed by atoms with Crippen LogP contribution >= 0.6 is 0 Å². The number of rotatable bonds is 6. The van der Waals surface area contributed by atoms with Crippen molar-refractivity contribution >= 4 is 11.7 Å². The first-order chi connectivity index (χ1) is 9.45. The number of aliphatic hydroxyl groups is 1. The summed E-state index contributed by atoms with van der Waals surface area (Å²) >= 11 is 0. The normalized spacial score (nSPS) is 13.7. The zero-order chi connectivity index (χ0) is 15.2. The average Bonchev–Trinajstić information content (AvgIpc) is 2.45. The van der Waals surface area contributed by atoms with Gasteiger partial charge in [-0.15, -0.1) is 0 Å². The molecule has 1 N–H and O–H groups in total. The predicted molar refractivity (Wildman–Crippen MR) is 73.0 cm³/mol. The van der Waals surface area contributed by atoms with E-state index in [4.69, 9.17) is 4.74 Å². The Morgan fingerprint density at radius 3 is 2.55 bits per heavy atom. The highest BCUT2D eigenvalue weighted by atomic mass is 16.6. The van der Waals surface area contributed by atoms with Gasteiger partial charge in [-0.2, -0.15) is 0 Å². The molecule has 0 radical (unpaired) electrons. The standard InChI is InChI=1S/C14H15NO5/c1-3-5-10-14(17,13(16)20-4-2)11-6-8-12(9-7-11)15(18)19/h3,5-10,17H,1,4H2,2H3/b10-5+. The molecule has 1 aromatic carbocycles. The third kappa shape index (κ3) is 3.30. The van der Waals surface area contributed by atoms with Gasteiger partial charge in [-0.25, -0.2) is 4.79 Å². The van der Waals surface area contributed by atoms with Crippen LogP contribution < -0.4 is 0 Å². The van der Waals surface area contributed by atoms with E-state index in [-0.39, 0.29) is 17.9 Å². The predicted octanol–water partition coefficient (Wildman–Crippen LogP) is 2.09. The first-order valence-corrected chi connectivity index (χ1v) is 5.90. The van der Waals surface area contributed by atoms with Crippen molar-refractivity contribution in [2.45, 2.75) is 12.5 Å². The fourth-order valence-electron chi connectivity index (χ4n) is 1.57. The van der Waals surface area contributed by atoms with Crippen LogP contribution in [0.1, 0.15) is 12.5 Å². The molecule has 20 heavy (non-hydrogen) atoms. The summed E-state index contributed by atoms with van der Waals surface area (Å²) in [5.74, 6) is -0.855. The topological polar surface area (TPSA) is 89.7 Å². The Balaban J connectivity index is 3.22. The van der Waals surface area contributed by atoms with Crippen LogP contribution in [0.5, 0.6) is 0 Å². The zero-order valence-corrected chi connectivity index (χ0v) is 11.0. The van der Waals surface area contributed by atoms with Crippen molar-refractivity contribution in [2.24, 2.45) is 0 Å². The van der Waals surface area contributed by atoms with Crippen LogP contribution in [0.25, 0.3) is 0 Å². The lowest BCUT2D eigenvalue weighted by Crippen LogP contribution is -2.35. The molecular formula is C14H15NO5. The van der Waals surface area contributed by atoms with E-state index in [2.05, 4.69) is 6.58 Å². The number of carbonyl (C=O) groups excluding carboxylic acids is 1. The summed E-state index contributed by atoms with van der Waals surface area (Å²) in [5.41, 5.74) is -1.95. The highest BCUT2D eigenvalue weighted by Gasteiger charge is 2.37. The van der Waals surface area contributed by atoms with Gasteiger partial charge in [-0.05, 0) is 30.7 Å². The quantitative estimate of drug-likeness (QED) is 0.372. The molecule has 0 aromatic heterocycles. The van der Waals surface area contributed by atoms with Gasteiger partial charge in [-0.3, -0.25) is 10.1 Å². The minimum atomic E-state index is -2.00. The summed E-state index contributed by atoms with van der Waals surface area (Å²) in [6.45, 7) is 5.18. The van der Waals surface area contributed by atoms with Crippen LogP contribution in [-0.2, 0) is 15.1 Å². The van der Waals surface area contributed by atoms with Gasteiger partial charge < -0.3 is 9.84 Å². The summed E-state index contributed by atoms with van der Waals surface area (Å²) < 4.78 is 4.83. The lowest BCUT2D eigenvalue weighted by molar-refractivity contribution is -0.384. The second kappa shape index (κ2) is 6.63. The summed E-state index contributed by atoms with van der Waals surface area (Å²) in [6.07, 6.45) is 4.02. The Bertz CT molecular complexity index is 535. The molecule has 0 amide bonds. The fraction of sp³-hybridized carbons (Fsp3) is 0.214. The Kier molecular flexibility index (Phi) is 5.16. The minimum absolute atomic E-state index is 0.107. The molecule has 0 bridgehead atoms. The third-order valence-electron chi connectivity index (χ3n) is 2.58. The summed E-state index contributed by atoms with van der Waals surface area (Å²) in [6, 6.07) is 5.04. The van der Waals surface area contributed by atoms with Gasteiger partial charge in [0.15, 0.2) is 0 Å². The molecule has 0 heterocycles. The molecule has 6 nitrogen and oxygen atoms in total. The number of esters is 1. The highest BCUT2D eigenvalue weighted by Crippen LogP contribution is 2.26. The minimum Gasteiger partial charge on any atom is -0.463 e. The molecule has 1 unspecified atom stereocenters. The molecule has 1 rings (SSSR count). The van der Waals surface area contributed by atoms with Gasteiger partial charge >= 0.3 is 5.97 Å². The van der Waals surface area contributed by atoms with E-state index in [1.165, 1.54) is 42.5 Å². The number of nitrogens with zero attached hydrogens (tertiary/aromatic N) is 1. The number of nitro groups is 1. The molecule has 0 saturated heterocycles. The van der Waals surface area contributed by atoms with Crippen molar-refractivity contribution in [3.63, 3.8) is 0 Å². The number of non-ortho nitro benzene ring substituents is 1. The van der Waals surface area contributed by atoms with Crippen LogP contribution in [0.4, 0.5) is 5.69 Å². The van der Waals surface area contributed by atoms with Crippen molar-refractivity contribution in [1.29, 1.82) is 0 Å². The van der Waals surface area contributed by atoms with E-state index in [0.29, 0.717) is 0 Å². The monoisotopic (exact) mass is 277 g/mol. The van der Waals surface area contributed by atoms with E-state index >= 15 is 0 Å². The van der Waals surface area contributed by atoms with E-state index in [9.17, 15) is 20.0 Å². The lowest BCUT2D eigenvalue weighted by Gasteiger charge is -2.22. The molecule has 6 heteroatoms. The first kappa shape index (κ1) is 15.6. The number of ether oxygens (including phenoxy) is 1. The Morgan fingerprint density at radius 1 is 1.50 bits per heavy atom. The maximum absolute atomic E-state index is 11.9. The van der Waals surface area contributed by atoms with Crippen molar-refractivity contribution < 1.29 is 19.6 Å². The van der Waals surface area contributed by atoms with Crippen LogP contribution in [0.2, 0.25) is 0 Å². The second-order valence-corrected chi connectivity index (χ2v) is 3.89. The number of nitro benzene ring substituents is 1. The average molecular weight is 277 g/mol. The zero-order valence-electron chi connectivity index (χ0n) is 11.0. The van der Waals surface area contributed by atoms with Crippen LogP contribution in [0.3, 0.4) is 0 Å². The van der Waals surface area contributed by atoms with Crippen molar-refractivity contribution in [3.05, 3.63) is 64.8 Å². The van der Waals surface area contributed by atoms with Gasteiger partial charge in [-0.1, -0.05) is 18.7 Å². The SMILES string of the molecule is C=C/C=C/C(O)(C(=O)OCC)c1ccc([N+](=O)[O-])cc1. The van der Waals surface area contributed by atoms with E-state index in [1.807, 2.05) is 0 Å². The molecule has 1 aromatic rings. The van der Waals surface area contributed by atoms with Gasteiger partial charge in [0.2, 0.25) is 5.60 Å². The maximum Gasteiger partial charge on any atom is 0.347 e. The van der Waals surface area contributed by atoms with Crippen molar-refractivity contribution in [1.82, 2.24) is 0 Å². The highest BCUT2D eigenvalue weighted by molar-refractivity contribution is 5.83. The maximum atomic E-state index is 11.9. The summed E-state index contributed by atoms with van der Waals surface area (Å²) in [4.78, 5) is 21.9. The third-order valence-corrected chi connectivity index (χ3v) is 2.58. The molecule has 1 atom stereocenters. The number of benzene rings is 1. The smallest absolute Gasteiger partial charge is 0.347 e. The second-order valence-electron chi connectivity index (χ2n) is 3.89. The molecule has 0 saturated carbocycles. The number of allylic oxidation sites excluding steroid dienone is 2. The summed E-state index contributed by atoms with van der Waals surface area (Å²) in [7, 11) is 0. The lowest BCUT2D eigenvalue weighted by atomic mass is 9.93. The fourth-order valence-corrected chi connectivity index (χ4v) is 1.57. The van der Waals surface area contributed by atoms with E-state index in [0.717, 1.165) is 0 Å². The molecule has 0 spiro atoms. The van der Waals surface area contributed by atoms with Crippen LogP contribution in [0, 0.1) is 10.1 Å². The van der Waals surface area contributed by atoms with Gasteiger partial charge in [0, 0.05) is 12.1 Å². The molecule has 0 fully saturated rings. The summed E-state index contributed by atoms with van der Waals surface area (Å²) in [5, 5.41) is 21.1. The van der Waals surface area contributed by atoms with Gasteiger partial charge in [0.05, 0.1) is 11.5 Å². The largest absolute Gasteiger partial charge is 0.463 e. The molecule has 0 aliphatic heterocycles. The van der Waals surface area contributed by atoms with Crippen LogP contribution in [-0.4, -0.2) is 22.6 Å². The number of hydrogen-bond donors (Lipinski definition) is 1. The van der Waals surface area contributed by atoms with E-state index in [1.54, 1.807) is 6.92 Å². The first-order valence-electron chi connectivity index (χ1n) is 5.90. The Morgan fingerprint density at radius 2 is 2.10 bits per heavy atom.